The quantitative estimate of drug-likeness (QED) is 0.752. The molecule has 1 aromatic carbocycles. The van der Waals surface area contributed by atoms with Gasteiger partial charge >= 0.3 is 0 Å². The third-order valence-electron chi connectivity index (χ3n) is 3.15. The maximum absolute atomic E-state index is 11.3. The van der Waals surface area contributed by atoms with E-state index < -0.39 is 0 Å². The number of carbonyl (C=O) groups is 1. The van der Waals surface area contributed by atoms with Crippen LogP contribution in [0, 0.1) is 6.92 Å². The lowest BCUT2D eigenvalue weighted by atomic mass is 10.2. The van der Waals surface area contributed by atoms with Crippen LogP contribution in [0.15, 0.2) is 17.5 Å². The number of aryl methyl sites for hydroxylation is 1. The number of hydrogen-bond donors (Lipinski definition) is 3. The van der Waals surface area contributed by atoms with Gasteiger partial charge in [0.25, 0.3) is 5.91 Å². The number of nitrogens with one attached hydrogen (secondary N) is 2. The molecule has 21 heavy (non-hydrogen) atoms. The molecule has 0 saturated heterocycles. The Kier molecular flexibility index (Phi) is 3.66. The van der Waals surface area contributed by atoms with Crippen LogP contribution in [0.25, 0.3) is 0 Å². The Morgan fingerprint density at radius 3 is 3.14 bits per heavy atom. The molecule has 1 amide bonds. The number of carbonyl (C=O) groups excluding carboxylic acids is 1. The maximum Gasteiger partial charge on any atom is 0.262 e. The zero-order chi connectivity index (χ0) is 14.8. The molecule has 0 fully saturated rings. The first-order valence-electron chi connectivity index (χ1n) is 6.63. The second-order valence-electron chi connectivity index (χ2n) is 4.81. The molecule has 110 valence electrons. The highest BCUT2D eigenvalue weighted by molar-refractivity contribution is 7.09. The van der Waals surface area contributed by atoms with Crippen molar-refractivity contribution in [3.05, 3.63) is 28.2 Å². The van der Waals surface area contributed by atoms with Crippen molar-refractivity contribution >= 4 is 34.3 Å². The molecular weight excluding hydrogens is 288 g/mol. The van der Waals surface area contributed by atoms with Crippen molar-refractivity contribution in [2.75, 3.05) is 29.5 Å². The first-order chi connectivity index (χ1) is 10.1. The lowest BCUT2D eigenvalue weighted by Gasteiger charge is -2.20. The van der Waals surface area contributed by atoms with Crippen LogP contribution in [0.3, 0.4) is 0 Å². The minimum Gasteiger partial charge on any atom is -0.482 e. The molecule has 0 atom stereocenters. The molecular formula is C14H16N4O2S. The van der Waals surface area contributed by atoms with Crippen LogP contribution in [-0.4, -0.2) is 24.0 Å². The van der Waals surface area contributed by atoms with E-state index in [0.29, 0.717) is 17.1 Å². The Bertz CT molecular complexity index is 684. The lowest BCUT2D eigenvalue weighted by Crippen LogP contribution is -2.25. The summed E-state index contributed by atoms with van der Waals surface area (Å²) in [6.07, 6.45) is 0.823. The van der Waals surface area contributed by atoms with Crippen LogP contribution in [0.4, 0.5) is 17.1 Å². The number of anilines is 3. The van der Waals surface area contributed by atoms with Gasteiger partial charge in [-0.15, -0.1) is 11.3 Å². The number of ether oxygens (including phenoxy) is 1. The number of thiazole rings is 1. The average Bonchev–Trinajstić information content (AvgIpc) is 2.85. The Balaban J connectivity index is 1.67. The molecule has 0 unspecified atom stereocenters. The van der Waals surface area contributed by atoms with E-state index in [1.165, 1.54) is 0 Å². The second-order valence-corrected chi connectivity index (χ2v) is 5.87. The smallest absolute Gasteiger partial charge is 0.262 e. The molecule has 1 aromatic heterocycles. The molecule has 2 aromatic rings. The first-order valence-corrected chi connectivity index (χ1v) is 7.51. The molecule has 0 aliphatic carbocycles. The normalized spacial score (nSPS) is 13.3. The van der Waals surface area contributed by atoms with Crippen molar-refractivity contribution in [2.45, 2.75) is 13.3 Å². The fourth-order valence-electron chi connectivity index (χ4n) is 2.14. The molecule has 1 aliphatic heterocycles. The Morgan fingerprint density at radius 2 is 2.38 bits per heavy atom. The highest BCUT2D eigenvalue weighted by Gasteiger charge is 2.17. The first kappa shape index (κ1) is 13.7. The Hall–Kier alpha value is -2.28. The van der Waals surface area contributed by atoms with Crippen LogP contribution in [0.2, 0.25) is 0 Å². The summed E-state index contributed by atoms with van der Waals surface area (Å²) in [4.78, 5) is 15.7. The van der Waals surface area contributed by atoms with E-state index in [0.717, 1.165) is 29.4 Å². The second kappa shape index (κ2) is 5.61. The van der Waals surface area contributed by atoms with Gasteiger partial charge in [-0.05, 0) is 13.0 Å². The molecule has 4 N–H and O–H groups in total. The number of rotatable bonds is 4. The summed E-state index contributed by atoms with van der Waals surface area (Å²) in [5, 5.41) is 9.16. The zero-order valence-electron chi connectivity index (χ0n) is 11.6. The molecule has 6 nitrogen and oxygen atoms in total. The average molecular weight is 304 g/mol. The predicted octanol–water partition coefficient (Wildman–Crippen LogP) is 2.02. The summed E-state index contributed by atoms with van der Waals surface area (Å²) in [5.74, 6) is 0.448. The Labute approximate surface area is 126 Å². The van der Waals surface area contributed by atoms with Crippen LogP contribution >= 0.6 is 11.3 Å². The van der Waals surface area contributed by atoms with Gasteiger partial charge in [0.15, 0.2) is 6.61 Å². The van der Waals surface area contributed by atoms with E-state index in [-0.39, 0.29) is 12.5 Å². The molecule has 0 radical (unpaired) electrons. The van der Waals surface area contributed by atoms with Gasteiger partial charge in [0.2, 0.25) is 0 Å². The number of fused-ring (bicyclic) bond motifs is 1. The SMILES string of the molecule is Cc1nc(CCNc2cc3c(cc2N)OCC(=O)N3)cs1. The summed E-state index contributed by atoms with van der Waals surface area (Å²) in [5.41, 5.74) is 9.09. The summed E-state index contributed by atoms with van der Waals surface area (Å²) < 4.78 is 5.32. The predicted molar refractivity (Wildman–Crippen MR) is 84.0 cm³/mol. The molecule has 3 rings (SSSR count). The van der Waals surface area contributed by atoms with Crippen LogP contribution in [-0.2, 0) is 11.2 Å². The van der Waals surface area contributed by atoms with Crippen LogP contribution < -0.4 is 21.1 Å². The standard InChI is InChI=1S/C14H16N4O2S/c1-8-17-9(7-21-8)2-3-16-11-5-12-13(4-10(11)15)20-6-14(19)18-12/h4-5,7,16H,2-3,6,15H2,1H3,(H,18,19). The van der Waals surface area contributed by atoms with Gasteiger partial charge in [-0.2, -0.15) is 0 Å². The third-order valence-corrected chi connectivity index (χ3v) is 3.97. The molecule has 0 saturated carbocycles. The number of aromatic nitrogens is 1. The number of nitrogens with two attached hydrogens (primary N) is 1. The number of nitrogen functional groups attached to an aromatic ring is 1. The van der Waals surface area contributed by atoms with E-state index in [1.54, 1.807) is 23.5 Å². The monoisotopic (exact) mass is 304 g/mol. The van der Waals surface area contributed by atoms with Crippen LogP contribution in [0.1, 0.15) is 10.7 Å². The van der Waals surface area contributed by atoms with Gasteiger partial charge in [0.05, 0.1) is 27.8 Å². The molecule has 7 heteroatoms. The molecule has 0 spiro atoms. The molecule has 2 heterocycles. The van der Waals surface area contributed by atoms with E-state index in [9.17, 15) is 4.79 Å². The van der Waals surface area contributed by atoms with Crippen molar-refractivity contribution in [3.8, 4) is 5.75 Å². The highest BCUT2D eigenvalue weighted by Crippen LogP contribution is 2.35. The topological polar surface area (TPSA) is 89.3 Å². The van der Waals surface area contributed by atoms with Crippen molar-refractivity contribution in [1.29, 1.82) is 0 Å². The van der Waals surface area contributed by atoms with Crippen LogP contribution in [0.5, 0.6) is 5.75 Å². The zero-order valence-corrected chi connectivity index (χ0v) is 12.4. The Morgan fingerprint density at radius 1 is 1.52 bits per heavy atom. The van der Waals surface area contributed by atoms with E-state index in [4.69, 9.17) is 10.5 Å². The number of nitrogens with zero attached hydrogens (tertiary/aromatic N) is 1. The fraction of sp³-hybridized carbons (Fsp3) is 0.286. The number of amides is 1. The van der Waals surface area contributed by atoms with Crippen molar-refractivity contribution in [1.82, 2.24) is 4.98 Å². The van der Waals surface area contributed by atoms with Gasteiger partial charge < -0.3 is 21.1 Å². The van der Waals surface area contributed by atoms with Gasteiger partial charge in [-0.25, -0.2) is 4.98 Å². The number of hydrogen-bond acceptors (Lipinski definition) is 6. The summed E-state index contributed by atoms with van der Waals surface area (Å²) >= 11 is 1.65. The summed E-state index contributed by atoms with van der Waals surface area (Å²) in [6.45, 7) is 2.75. The maximum atomic E-state index is 11.3. The van der Waals surface area contributed by atoms with Crippen molar-refractivity contribution in [3.63, 3.8) is 0 Å². The minimum absolute atomic E-state index is 0.0302. The lowest BCUT2D eigenvalue weighted by molar-refractivity contribution is -0.118. The molecule has 1 aliphatic rings. The fourth-order valence-corrected chi connectivity index (χ4v) is 2.79. The third kappa shape index (κ3) is 3.08. The van der Waals surface area contributed by atoms with E-state index in [2.05, 4.69) is 21.0 Å². The van der Waals surface area contributed by atoms with Gasteiger partial charge in [-0.1, -0.05) is 0 Å². The van der Waals surface area contributed by atoms with Gasteiger partial charge in [0.1, 0.15) is 5.75 Å². The summed E-state index contributed by atoms with van der Waals surface area (Å²) in [7, 11) is 0. The van der Waals surface area contributed by atoms with Crippen molar-refractivity contribution < 1.29 is 9.53 Å². The van der Waals surface area contributed by atoms with Gasteiger partial charge in [-0.3, -0.25) is 4.79 Å². The summed E-state index contributed by atoms with van der Waals surface area (Å²) in [6, 6.07) is 3.53. The van der Waals surface area contributed by atoms with Gasteiger partial charge in [0, 0.05) is 24.4 Å². The van der Waals surface area contributed by atoms with E-state index in [1.807, 2.05) is 6.92 Å². The largest absolute Gasteiger partial charge is 0.482 e. The number of benzene rings is 1. The highest BCUT2D eigenvalue weighted by atomic mass is 32.1. The van der Waals surface area contributed by atoms with Crippen molar-refractivity contribution in [2.24, 2.45) is 0 Å². The minimum atomic E-state index is -0.156. The van der Waals surface area contributed by atoms with E-state index >= 15 is 0 Å². The molecule has 0 bridgehead atoms.